The lowest BCUT2D eigenvalue weighted by molar-refractivity contribution is 0.362. The van der Waals surface area contributed by atoms with Crippen LogP contribution in [-0.4, -0.2) is 16.7 Å². The van der Waals surface area contributed by atoms with Crippen LogP contribution in [0.4, 0.5) is 0 Å². The van der Waals surface area contributed by atoms with Gasteiger partial charge in [0.25, 0.3) is 0 Å². The van der Waals surface area contributed by atoms with Crippen molar-refractivity contribution in [1.82, 2.24) is 10.1 Å². The Bertz CT molecular complexity index is 436. The Hall–Kier alpha value is -1.62. The van der Waals surface area contributed by atoms with E-state index >= 15 is 0 Å². The molecule has 2 rings (SSSR count). The van der Waals surface area contributed by atoms with E-state index in [1.165, 1.54) is 0 Å². The molecule has 0 saturated heterocycles. The van der Waals surface area contributed by atoms with Crippen LogP contribution >= 0.6 is 0 Å². The minimum atomic E-state index is 0.584. The molecule has 0 bridgehead atoms. The maximum atomic E-state index is 5.50. The summed E-state index contributed by atoms with van der Waals surface area (Å²) in [6.07, 6.45) is 6.04. The number of rotatable bonds is 6. The molecule has 2 aromatic heterocycles. The van der Waals surface area contributed by atoms with Crippen molar-refractivity contribution in [2.75, 3.05) is 6.54 Å². The van der Waals surface area contributed by atoms with Crippen molar-refractivity contribution >= 4 is 0 Å². The first-order valence-corrected chi connectivity index (χ1v) is 5.85. The smallest absolute Gasteiger partial charge is 0.226 e. The Kier molecular flexibility index (Phi) is 3.93. The van der Waals surface area contributed by atoms with Crippen LogP contribution in [0.5, 0.6) is 0 Å². The summed E-state index contributed by atoms with van der Waals surface area (Å²) in [4.78, 5) is 4.32. The predicted octanol–water partition coefficient (Wildman–Crippen LogP) is 2.25. The van der Waals surface area contributed by atoms with Crippen molar-refractivity contribution in [3.8, 4) is 11.4 Å². The Morgan fingerprint density at radius 1 is 1.41 bits per heavy atom. The number of nitrogens with zero attached hydrogens (tertiary/aromatic N) is 2. The molecule has 0 fully saturated rings. The van der Waals surface area contributed by atoms with Crippen LogP contribution < -0.4 is 5.73 Å². The molecule has 5 heteroatoms. The Balaban J connectivity index is 1.91. The second-order valence-electron chi connectivity index (χ2n) is 4.24. The third kappa shape index (κ3) is 3.17. The van der Waals surface area contributed by atoms with Crippen LogP contribution in [0.15, 0.2) is 27.5 Å². The van der Waals surface area contributed by atoms with Crippen LogP contribution in [-0.2, 0) is 6.42 Å². The first kappa shape index (κ1) is 11.9. The van der Waals surface area contributed by atoms with Gasteiger partial charge in [-0.25, -0.2) is 0 Å². The minimum Gasteiger partial charge on any atom is -0.472 e. The molecule has 0 saturated carbocycles. The van der Waals surface area contributed by atoms with E-state index in [1.54, 1.807) is 12.5 Å². The molecule has 1 atom stereocenters. The van der Waals surface area contributed by atoms with Crippen molar-refractivity contribution in [2.24, 2.45) is 11.7 Å². The standard InChI is InChI=1S/C12H17N3O2/c1-9(4-6-13)2-3-11-14-12(15-17-11)10-5-7-16-8-10/h5,7-9H,2-4,6,13H2,1H3. The van der Waals surface area contributed by atoms with Crippen LogP contribution in [0.3, 0.4) is 0 Å². The zero-order chi connectivity index (χ0) is 12.1. The fraction of sp³-hybridized carbons (Fsp3) is 0.500. The number of hydrogen-bond acceptors (Lipinski definition) is 5. The van der Waals surface area contributed by atoms with Crippen molar-refractivity contribution in [1.29, 1.82) is 0 Å². The van der Waals surface area contributed by atoms with Gasteiger partial charge in [0.2, 0.25) is 11.7 Å². The van der Waals surface area contributed by atoms with Crippen LogP contribution in [0.1, 0.15) is 25.7 Å². The van der Waals surface area contributed by atoms with Gasteiger partial charge in [0.15, 0.2) is 0 Å². The second-order valence-corrected chi connectivity index (χ2v) is 4.24. The molecule has 0 aliphatic rings. The maximum Gasteiger partial charge on any atom is 0.226 e. The molecule has 1 unspecified atom stereocenters. The molecule has 0 amide bonds. The quantitative estimate of drug-likeness (QED) is 0.830. The van der Waals surface area contributed by atoms with E-state index in [0.717, 1.165) is 31.4 Å². The fourth-order valence-electron chi connectivity index (χ4n) is 1.66. The third-order valence-electron chi connectivity index (χ3n) is 2.76. The second kappa shape index (κ2) is 5.63. The number of aryl methyl sites for hydroxylation is 1. The Labute approximate surface area is 100.0 Å². The summed E-state index contributed by atoms with van der Waals surface area (Å²) in [7, 11) is 0. The topological polar surface area (TPSA) is 78.1 Å². The average Bonchev–Trinajstić information content (AvgIpc) is 2.97. The van der Waals surface area contributed by atoms with Crippen LogP contribution in [0.2, 0.25) is 0 Å². The molecule has 2 aromatic rings. The molecule has 5 nitrogen and oxygen atoms in total. The molecule has 2 heterocycles. The summed E-state index contributed by atoms with van der Waals surface area (Å²) in [5.74, 6) is 1.84. The first-order valence-electron chi connectivity index (χ1n) is 5.85. The summed E-state index contributed by atoms with van der Waals surface area (Å²) in [5, 5.41) is 3.91. The van der Waals surface area contributed by atoms with E-state index in [1.807, 2.05) is 6.07 Å². The van der Waals surface area contributed by atoms with E-state index in [0.29, 0.717) is 17.6 Å². The van der Waals surface area contributed by atoms with Gasteiger partial charge in [-0.1, -0.05) is 12.1 Å². The summed E-state index contributed by atoms with van der Waals surface area (Å²) < 4.78 is 10.2. The molecule has 0 spiro atoms. The highest BCUT2D eigenvalue weighted by molar-refractivity contribution is 5.51. The molecule has 0 aromatic carbocycles. The maximum absolute atomic E-state index is 5.50. The lowest BCUT2D eigenvalue weighted by atomic mass is 10.0. The van der Waals surface area contributed by atoms with E-state index in [4.69, 9.17) is 14.7 Å². The summed E-state index contributed by atoms with van der Waals surface area (Å²) >= 11 is 0. The van der Waals surface area contributed by atoms with Gasteiger partial charge in [-0.05, 0) is 31.4 Å². The van der Waals surface area contributed by atoms with Gasteiger partial charge in [-0.15, -0.1) is 0 Å². The number of nitrogens with two attached hydrogens (primary N) is 1. The normalized spacial score (nSPS) is 12.8. The highest BCUT2D eigenvalue weighted by atomic mass is 16.5. The van der Waals surface area contributed by atoms with Gasteiger partial charge in [-0.2, -0.15) is 4.98 Å². The zero-order valence-corrected chi connectivity index (χ0v) is 9.93. The van der Waals surface area contributed by atoms with Gasteiger partial charge in [0.1, 0.15) is 6.26 Å². The van der Waals surface area contributed by atoms with Crippen LogP contribution in [0, 0.1) is 5.92 Å². The lowest BCUT2D eigenvalue weighted by Gasteiger charge is -2.06. The van der Waals surface area contributed by atoms with Gasteiger partial charge >= 0.3 is 0 Å². The van der Waals surface area contributed by atoms with Crippen LogP contribution in [0.25, 0.3) is 11.4 Å². The van der Waals surface area contributed by atoms with Crippen molar-refractivity contribution in [3.63, 3.8) is 0 Å². The molecule has 17 heavy (non-hydrogen) atoms. The van der Waals surface area contributed by atoms with Crippen molar-refractivity contribution in [2.45, 2.75) is 26.2 Å². The predicted molar refractivity (Wildman–Crippen MR) is 63.2 cm³/mol. The highest BCUT2D eigenvalue weighted by Gasteiger charge is 2.10. The molecular formula is C12H17N3O2. The van der Waals surface area contributed by atoms with E-state index < -0.39 is 0 Å². The SMILES string of the molecule is CC(CCN)CCc1nc(-c2ccoc2)no1. The molecule has 0 aliphatic heterocycles. The molecule has 2 N–H and O–H groups in total. The average molecular weight is 235 g/mol. The van der Waals surface area contributed by atoms with Crippen molar-refractivity contribution in [3.05, 3.63) is 24.5 Å². The highest BCUT2D eigenvalue weighted by Crippen LogP contribution is 2.17. The number of aromatic nitrogens is 2. The number of furan rings is 1. The zero-order valence-electron chi connectivity index (χ0n) is 9.93. The van der Waals surface area contributed by atoms with E-state index in [-0.39, 0.29) is 0 Å². The summed E-state index contributed by atoms with van der Waals surface area (Å²) in [6.45, 7) is 2.91. The van der Waals surface area contributed by atoms with Gasteiger partial charge in [-0.3, -0.25) is 0 Å². The molecule has 0 aliphatic carbocycles. The summed E-state index contributed by atoms with van der Waals surface area (Å²) in [5.41, 5.74) is 6.35. The number of hydrogen-bond donors (Lipinski definition) is 1. The summed E-state index contributed by atoms with van der Waals surface area (Å²) in [6, 6.07) is 1.81. The first-order chi connectivity index (χ1) is 8.29. The molecule has 92 valence electrons. The van der Waals surface area contributed by atoms with E-state index in [9.17, 15) is 0 Å². The molecule has 0 radical (unpaired) electrons. The van der Waals surface area contributed by atoms with E-state index in [2.05, 4.69) is 17.1 Å². The van der Waals surface area contributed by atoms with Gasteiger partial charge in [0, 0.05) is 6.42 Å². The van der Waals surface area contributed by atoms with Gasteiger partial charge in [0.05, 0.1) is 11.8 Å². The Morgan fingerprint density at radius 3 is 3.00 bits per heavy atom. The van der Waals surface area contributed by atoms with Gasteiger partial charge < -0.3 is 14.7 Å². The fourth-order valence-corrected chi connectivity index (χ4v) is 1.66. The lowest BCUT2D eigenvalue weighted by Crippen LogP contribution is -2.06. The molecular weight excluding hydrogens is 218 g/mol. The third-order valence-corrected chi connectivity index (χ3v) is 2.76. The largest absolute Gasteiger partial charge is 0.472 e. The monoisotopic (exact) mass is 235 g/mol. The Morgan fingerprint density at radius 2 is 2.29 bits per heavy atom. The van der Waals surface area contributed by atoms with Crippen molar-refractivity contribution < 1.29 is 8.94 Å². The minimum absolute atomic E-state index is 0.584.